The monoisotopic (exact) mass is 381 g/mol. The number of nitrogens with one attached hydrogen (secondary N) is 1. The highest BCUT2D eigenvalue weighted by atomic mass is 16.7. The third kappa shape index (κ3) is 5.25. The molecule has 0 spiro atoms. The van der Waals surface area contributed by atoms with Gasteiger partial charge in [0, 0.05) is 21.0 Å². The molecule has 0 saturated carbocycles. The van der Waals surface area contributed by atoms with E-state index >= 15 is 0 Å². The summed E-state index contributed by atoms with van der Waals surface area (Å²) in [6.45, 7) is 1.95. The SMILES string of the molecule is COC1O[C@H](CO)[C@@H](OC(=O)c2ccccc2)[C@H](OC(C)=O)[C@H]1NC(C)=O. The average Bonchev–Trinajstić information content (AvgIpc) is 2.64. The number of aliphatic hydroxyl groups excluding tert-OH is 1. The molecule has 9 nitrogen and oxygen atoms in total. The molecule has 1 aromatic carbocycles. The molecule has 5 atom stereocenters. The van der Waals surface area contributed by atoms with Crippen LogP contribution in [-0.4, -0.2) is 67.3 Å². The van der Waals surface area contributed by atoms with Crippen molar-refractivity contribution in [1.29, 1.82) is 0 Å². The standard InChI is InChI=1S/C18H23NO8/c1-10(21)19-14-16(25-11(2)22)15(13(9-20)26-18(14)24-3)27-17(23)12-7-5-4-6-8-12/h4-8,13-16,18,20H,9H2,1-3H3,(H,19,21)/t13-,14-,15-,16-,18?/m1/s1. The van der Waals surface area contributed by atoms with Crippen molar-refractivity contribution in [3.63, 3.8) is 0 Å². The summed E-state index contributed by atoms with van der Waals surface area (Å²) in [4.78, 5) is 35.7. The van der Waals surface area contributed by atoms with E-state index in [2.05, 4.69) is 5.32 Å². The number of ether oxygens (including phenoxy) is 4. The number of carbonyl (C=O) groups excluding carboxylic acids is 3. The van der Waals surface area contributed by atoms with E-state index in [-0.39, 0.29) is 5.56 Å². The number of hydrogen-bond donors (Lipinski definition) is 2. The van der Waals surface area contributed by atoms with Gasteiger partial charge in [-0.1, -0.05) is 18.2 Å². The molecule has 1 aliphatic heterocycles. The minimum Gasteiger partial charge on any atom is -0.456 e. The summed E-state index contributed by atoms with van der Waals surface area (Å²) in [7, 11) is 1.34. The first-order valence-electron chi connectivity index (χ1n) is 8.36. The van der Waals surface area contributed by atoms with Crippen LogP contribution in [0.3, 0.4) is 0 Å². The van der Waals surface area contributed by atoms with Gasteiger partial charge in [-0.05, 0) is 12.1 Å². The topological polar surface area (TPSA) is 120 Å². The van der Waals surface area contributed by atoms with E-state index in [1.807, 2.05) is 0 Å². The second-order valence-electron chi connectivity index (χ2n) is 6.00. The Morgan fingerprint density at radius 1 is 1.11 bits per heavy atom. The maximum Gasteiger partial charge on any atom is 0.338 e. The van der Waals surface area contributed by atoms with Crippen molar-refractivity contribution in [3.8, 4) is 0 Å². The molecule has 1 amide bonds. The van der Waals surface area contributed by atoms with Crippen LogP contribution >= 0.6 is 0 Å². The van der Waals surface area contributed by atoms with Gasteiger partial charge in [0.1, 0.15) is 12.1 Å². The molecule has 0 aromatic heterocycles. The molecular formula is C18H23NO8. The molecule has 1 saturated heterocycles. The van der Waals surface area contributed by atoms with Crippen LogP contribution < -0.4 is 5.32 Å². The van der Waals surface area contributed by atoms with Crippen molar-refractivity contribution in [2.45, 2.75) is 44.5 Å². The Balaban J connectivity index is 2.34. The Labute approximate surface area is 156 Å². The highest BCUT2D eigenvalue weighted by molar-refractivity contribution is 5.89. The van der Waals surface area contributed by atoms with Crippen molar-refractivity contribution in [2.24, 2.45) is 0 Å². The first kappa shape index (κ1) is 20.8. The van der Waals surface area contributed by atoms with Crippen LogP contribution in [0, 0.1) is 0 Å². The molecule has 27 heavy (non-hydrogen) atoms. The van der Waals surface area contributed by atoms with Crippen LogP contribution in [0.25, 0.3) is 0 Å². The van der Waals surface area contributed by atoms with Gasteiger partial charge in [0.15, 0.2) is 18.5 Å². The first-order valence-corrected chi connectivity index (χ1v) is 8.36. The lowest BCUT2D eigenvalue weighted by Crippen LogP contribution is -2.66. The van der Waals surface area contributed by atoms with E-state index in [1.165, 1.54) is 21.0 Å². The fraction of sp³-hybridized carbons (Fsp3) is 0.500. The Morgan fingerprint density at radius 3 is 2.30 bits per heavy atom. The number of benzene rings is 1. The quantitative estimate of drug-likeness (QED) is 0.662. The van der Waals surface area contributed by atoms with E-state index in [4.69, 9.17) is 18.9 Å². The van der Waals surface area contributed by atoms with E-state index < -0.39 is 55.1 Å². The molecule has 1 aromatic rings. The zero-order chi connectivity index (χ0) is 20.0. The number of aliphatic hydroxyl groups is 1. The lowest BCUT2D eigenvalue weighted by Gasteiger charge is -2.44. The summed E-state index contributed by atoms with van der Waals surface area (Å²) in [5, 5.41) is 12.3. The van der Waals surface area contributed by atoms with Crippen molar-refractivity contribution >= 4 is 17.8 Å². The summed E-state index contributed by atoms with van der Waals surface area (Å²) in [5.41, 5.74) is 0.278. The van der Waals surface area contributed by atoms with Crippen LogP contribution in [0.4, 0.5) is 0 Å². The second kappa shape index (κ2) is 9.45. The number of rotatable bonds is 6. The minimum absolute atomic E-state index is 0.278. The van der Waals surface area contributed by atoms with Crippen molar-refractivity contribution in [3.05, 3.63) is 35.9 Å². The van der Waals surface area contributed by atoms with Crippen LogP contribution in [0.15, 0.2) is 30.3 Å². The average molecular weight is 381 g/mol. The third-order valence-corrected chi connectivity index (χ3v) is 3.98. The largest absolute Gasteiger partial charge is 0.456 e. The van der Waals surface area contributed by atoms with Crippen LogP contribution in [0.5, 0.6) is 0 Å². The lowest BCUT2D eigenvalue weighted by atomic mass is 9.96. The summed E-state index contributed by atoms with van der Waals surface area (Å²) in [5.74, 6) is -1.75. The summed E-state index contributed by atoms with van der Waals surface area (Å²) in [6.07, 6.45) is -4.30. The number of carbonyl (C=O) groups is 3. The molecular weight excluding hydrogens is 358 g/mol. The zero-order valence-corrected chi connectivity index (χ0v) is 15.3. The molecule has 2 rings (SSSR count). The molecule has 1 aliphatic rings. The summed E-state index contributed by atoms with van der Waals surface area (Å²) >= 11 is 0. The summed E-state index contributed by atoms with van der Waals surface area (Å²) in [6, 6.07) is 7.26. The highest BCUT2D eigenvalue weighted by Crippen LogP contribution is 2.27. The van der Waals surface area contributed by atoms with Gasteiger partial charge in [0.05, 0.1) is 12.2 Å². The van der Waals surface area contributed by atoms with Crippen LogP contribution in [0.2, 0.25) is 0 Å². The Kier molecular flexibility index (Phi) is 7.28. The molecule has 2 N–H and O–H groups in total. The number of esters is 2. The van der Waals surface area contributed by atoms with Gasteiger partial charge in [0.2, 0.25) is 5.91 Å². The molecule has 1 unspecified atom stereocenters. The van der Waals surface area contributed by atoms with E-state index in [0.717, 1.165) is 0 Å². The fourth-order valence-corrected chi connectivity index (χ4v) is 2.88. The molecule has 9 heteroatoms. The molecule has 1 fully saturated rings. The predicted molar refractivity (Wildman–Crippen MR) is 91.6 cm³/mol. The van der Waals surface area contributed by atoms with Gasteiger partial charge in [-0.15, -0.1) is 0 Å². The van der Waals surface area contributed by atoms with Gasteiger partial charge >= 0.3 is 11.9 Å². The third-order valence-electron chi connectivity index (χ3n) is 3.98. The highest BCUT2D eigenvalue weighted by Gasteiger charge is 2.50. The second-order valence-corrected chi connectivity index (χ2v) is 6.00. The van der Waals surface area contributed by atoms with Crippen LogP contribution in [-0.2, 0) is 28.5 Å². The number of amides is 1. The molecule has 0 bridgehead atoms. The van der Waals surface area contributed by atoms with Crippen molar-refractivity contribution in [1.82, 2.24) is 5.32 Å². The maximum atomic E-state index is 12.5. The molecule has 148 valence electrons. The first-order chi connectivity index (χ1) is 12.9. The molecule has 0 aliphatic carbocycles. The van der Waals surface area contributed by atoms with Gasteiger partial charge < -0.3 is 29.4 Å². The van der Waals surface area contributed by atoms with Gasteiger partial charge in [0.25, 0.3) is 0 Å². The zero-order valence-electron chi connectivity index (χ0n) is 15.3. The number of methoxy groups -OCH3 is 1. The van der Waals surface area contributed by atoms with E-state index in [9.17, 15) is 19.5 Å². The minimum atomic E-state index is -1.16. The lowest BCUT2D eigenvalue weighted by molar-refractivity contribution is -0.265. The predicted octanol–water partition coefficient (Wildman–Crippen LogP) is 0.0120. The van der Waals surface area contributed by atoms with Gasteiger partial charge in [-0.25, -0.2) is 4.79 Å². The normalized spacial score (nSPS) is 27.5. The maximum absolute atomic E-state index is 12.5. The smallest absolute Gasteiger partial charge is 0.338 e. The fourth-order valence-electron chi connectivity index (χ4n) is 2.88. The Hall–Kier alpha value is -2.49. The van der Waals surface area contributed by atoms with E-state index in [0.29, 0.717) is 0 Å². The van der Waals surface area contributed by atoms with Crippen LogP contribution in [0.1, 0.15) is 24.2 Å². The van der Waals surface area contributed by atoms with E-state index in [1.54, 1.807) is 30.3 Å². The van der Waals surface area contributed by atoms with Gasteiger partial charge in [-0.2, -0.15) is 0 Å². The molecule has 1 heterocycles. The van der Waals surface area contributed by atoms with Gasteiger partial charge in [-0.3, -0.25) is 9.59 Å². The van der Waals surface area contributed by atoms with Crippen molar-refractivity contribution in [2.75, 3.05) is 13.7 Å². The van der Waals surface area contributed by atoms with Crippen molar-refractivity contribution < 1.29 is 38.4 Å². The molecule has 0 radical (unpaired) electrons. The number of hydrogen-bond acceptors (Lipinski definition) is 8. The summed E-state index contributed by atoms with van der Waals surface area (Å²) < 4.78 is 21.6. The Bertz CT molecular complexity index is 665. The Morgan fingerprint density at radius 2 is 1.78 bits per heavy atom.